The molecule has 3 rings (SSSR count). The van der Waals surface area contributed by atoms with E-state index in [2.05, 4.69) is 0 Å². The fourth-order valence-corrected chi connectivity index (χ4v) is 3.47. The quantitative estimate of drug-likeness (QED) is 0.430. The minimum Gasteiger partial charge on any atom is -0.268 e. The normalized spacial score (nSPS) is 15.3. The van der Waals surface area contributed by atoms with Crippen LogP contribution in [0.1, 0.15) is 16.7 Å². The van der Waals surface area contributed by atoms with Crippen molar-refractivity contribution in [3.63, 3.8) is 0 Å². The second kappa shape index (κ2) is 7.61. The average molecular weight is 400 g/mol. The molecular weight excluding hydrogens is 390 g/mol. The number of imide groups is 1. The third-order valence-electron chi connectivity index (χ3n) is 3.82. The van der Waals surface area contributed by atoms with E-state index in [0.29, 0.717) is 11.1 Å². The summed E-state index contributed by atoms with van der Waals surface area (Å²) in [5.41, 5.74) is 1.03. The summed E-state index contributed by atoms with van der Waals surface area (Å²) in [6.07, 6.45) is 1.36. The van der Waals surface area contributed by atoms with E-state index in [9.17, 15) is 19.7 Å². The Morgan fingerprint density at radius 3 is 2.70 bits per heavy atom. The summed E-state index contributed by atoms with van der Waals surface area (Å²) in [5.74, 6) is -0.541. The number of hydrogen-bond donors (Lipinski definition) is 0. The molecule has 0 atom stereocenters. The first kappa shape index (κ1) is 18.6. The summed E-state index contributed by atoms with van der Waals surface area (Å²) in [5, 5.41) is 19.8. The van der Waals surface area contributed by atoms with Crippen molar-refractivity contribution in [2.45, 2.75) is 6.54 Å². The second-order valence-corrected chi connectivity index (χ2v) is 6.90. The Morgan fingerprint density at radius 2 is 2.00 bits per heavy atom. The number of thioether (sulfide) groups is 1. The van der Waals surface area contributed by atoms with Crippen molar-refractivity contribution in [1.29, 1.82) is 5.26 Å². The number of nitro benzene ring substituents is 1. The molecule has 134 valence electrons. The van der Waals surface area contributed by atoms with Crippen molar-refractivity contribution in [3.8, 4) is 6.07 Å². The maximum absolute atomic E-state index is 12.6. The lowest BCUT2D eigenvalue weighted by molar-refractivity contribution is -0.384. The molecular formula is C18H10ClN3O4S. The topological polar surface area (TPSA) is 104 Å². The third-order valence-corrected chi connectivity index (χ3v) is 5.07. The molecule has 0 aliphatic carbocycles. The van der Waals surface area contributed by atoms with E-state index >= 15 is 0 Å². The minimum absolute atomic E-state index is 0.0333. The number of carbonyl (C=O) groups excluding carboxylic acids is 2. The molecule has 0 aromatic heterocycles. The molecule has 1 heterocycles. The van der Waals surface area contributed by atoms with Crippen LogP contribution in [0.5, 0.6) is 0 Å². The molecule has 0 unspecified atom stereocenters. The van der Waals surface area contributed by atoms with E-state index in [-0.39, 0.29) is 27.7 Å². The maximum atomic E-state index is 12.6. The molecule has 1 aliphatic heterocycles. The van der Waals surface area contributed by atoms with Gasteiger partial charge in [-0.2, -0.15) is 5.26 Å². The Hall–Kier alpha value is -3.15. The number of amides is 2. The van der Waals surface area contributed by atoms with Crippen molar-refractivity contribution in [2.75, 3.05) is 0 Å². The van der Waals surface area contributed by atoms with Gasteiger partial charge in [0.25, 0.3) is 16.8 Å². The van der Waals surface area contributed by atoms with Crippen LogP contribution in [0.25, 0.3) is 6.08 Å². The summed E-state index contributed by atoms with van der Waals surface area (Å²) in [6.45, 7) is -0.0333. The van der Waals surface area contributed by atoms with E-state index in [1.165, 1.54) is 24.3 Å². The molecule has 2 aromatic rings. The van der Waals surface area contributed by atoms with Crippen molar-refractivity contribution in [2.24, 2.45) is 0 Å². The Kier molecular flexibility index (Phi) is 5.26. The zero-order valence-electron chi connectivity index (χ0n) is 13.6. The van der Waals surface area contributed by atoms with E-state index < -0.39 is 16.1 Å². The number of nitriles is 1. The van der Waals surface area contributed by atoms with Gasteiger partial charge in [0.2, 0.25) is 0 Å². The smallest absolute Gasteiger partial charge is 0.268 e. The summed E-state index contributed by atoms with van der Waals surface area (Å²) in [6, 6.07) is 12.6. The number of non-ortho nitro benzene ring substituents is 1. The second-order valence-electron chi connectivity index (χ2n) is 5.50. The first-order valence-corrected chi connectivity index (χ1v) is 8.77. The van der Waals surface area contributed by atoms with Crippen LogP contribution >= 0.6 is 23.4 Å². The van der Waals surface area contributed by atoms with Gasteiger partial charge in [-0.05, 0) is 35.5 Å². The van der Waals surface area contributed by atoms with Crippen LogP contribution in [-0.4, -0.2) is 21.0 Å². The zero-order valence-corrected chi connectivity index (χ0v) is 15.2. The van der Waals surface area contributed by atoms with Crippen LogP contribution in [-0.2, 0) is 11.3 Å². The van der Waals surface area contributed by atoms with E-state index in [1.807, 2.05) is 6.07 Å². The van der Waals surface area contributed by atoms with Gasteiger partial charge in [0.15, 0.2) is 0 Å². The Labute approximate surface area is 163 Å². The average Bonchev–Trinajstić information content (AvgIpc) is 2.91. The highest BCUT2D eigenvalue weighted by Crippen LogP contribution is 2.35. The van der Waals surface area contributed by atoms with Crippen LogP contribution in [0.15, 0.2) is 47.4 Å². The lowest BCUT2D eigenvalue weighted by Gasteiger charge is -2.13. The highest BCUT2D eigenvalue weighted by atomic mass is 35.5. The zero-order chi connectivity index (χ0) is 19.6. The largest absolute Gasteiger partial charge is 0.293 e. The van der Waals surface area contributed by atoms with E-state index in [1.54, 1.807) is 24.3 Å². The van der Waals surface area contributed by atoms with Crippen LogP contribution in [0.4, 0.5) is 10.5 Å². The Balaban J connectivity index is 1.90. The number of halogens is 1. The fraction of sp³-hybridized carbons (Fsp3) is 0.0556. The lowest BCUT2D eigenvalue weighted by atomic mass is 10.1. The van der Waals surface area contributed by atoms with Gasteiger partial charge in [-0.25, -0.2) is 0 Å². The molecule has 1 aliphatic rings. The molecule has 2 amide bonds. The van der Waals surface area contributed by atoms with Crippen molar-refractivity contribution < 1.29 is 14.5 Å². The molecule has 7 nitrogen and oxygen atoms in total. The third kappa shape index (κ3) is 3.84. The summed E-state index contributed by atoms with van der Waals surface area (Å²) >= 11 is 6.77. The highest BCUT2D eigenvalue weighted by Gasteiger charge is 2.35. The maximum Gasteiger partial charge on any atom is 0.293 e. The summed E-state index contributed by atoms with van der Waals surface area (Å²) in [7, 11) is 0. The molecule has 0 spiro atoms. The highest BCUT2D eigenvalue weighted by molar-refractivity contribution is 8.18. The molecule has 0 bridgehead atoms. The Bertz CT molecular complexity index is 1050. The number of nitro groups is 1. The molecule has 0 radical (unpaired) electrons. The number of benzene rings is 2. The predicted octanol–water partition coefficient (Wildman–Crippen LogP) is 4.36. The molecule has 1 fully saturated rings. The molecule has 9 heteroatoms. The standard InChI is InChI=1S/C18H10ClN3O4S/c19-15-6-5-14(22(25)26)7-13(15)8-16-17(23)21(18(24)27-16)10-12-4-2-1-3-11(12)9-20/h1-8H,10H2/b16-8-. The van der Waals surface area contributed by atoms with Crippen LogP contribution in [0.2, 0.25) is 5.02 Å². The molecule has 0 N–H and O–H groups in total. The van der Waals surface area contributed by atoms with Gasteiger partial charge in [-0.1, -0.05) is 29.8 Å². The number of carbonyl (C=O) groups is 2. The molecule has 27 heavy (non-hydrogen) atoms. The van der Waals surface area contributed by atoms with Gasteiger partial charge in [0, 0.05) is 22.7 Å². The minimum atomic E-state index is -0.571. The van der Waals surface area contributed by atoms with Crippen LogP contribution < -0.4 is 0 Å². The summed E-state index contributed by atoms with van der Waals surface area (Å²) in [4.78, 5) is 36.3. The molecule has 1 saturated heterocycles. The van der Waals surface area contributed by atoms with E-state index in [0.717, 1.165) is 16.7 Å². The van der Waals surface area contributed by atoms with Crippen LogP contribution in [0, 0.1) is 21.4 Å². The summed E-state index contributed by atoms with van der Waals surface area (Å²) < 4.78 is 0. The van der Waals surface area contributed by atoms with Gasteiger partial charge in [0.05, 0.1) is 28.0 Å². The predicted molar refractivity (Wildman–Crippen MR) is 101 cm³/mol. The van der Waals surface area contributed by atoms with Crippen molar-refractivity contribution in [1.82, 2.24) is 4.90 Å². The van der Waals surface area contributed by atoms with Gasteiger partial charge in [0.1, 0.15) is 0 Å². The number of rotatable bonds is 4. The Morgan fingerprint density at radius 1 is 1.26 bits per heavy atom. The first-order valence-electron chi connectivity index (χ1n) is 7.58. The molecule has 0 saturated carbocycles. The number of nitrogens with zero attached hydrogens (tertiary/aromatic N) is 3. The van der Waals surface area contributed by atoms with Crippen molar-refractivity contribution in [3.05, 3.63) is 79.2 Å². The van der Waals surface area contributed by atoms with Crippen molar-refractivity contribution >= 4 is 46.3 Å². The van der Waals surface area contributed by atoms with Gasteiger partial charge < -0.3 is 0 Å². The van der Waals surface area contributed by atoms with Gasteiger partial charge in [-0.15, -0.1) is 0 Å². The number of hydrogen-bond acceptors (Lipinski definition) is 6. The molecule has 2 aromatic carbocycles. The van der Waals surface area contributed by atoms with Gasteiger partial charge >= 0.3 is 0 Å². The van der Waals surface area contributed by atoms with E-state index in [4.69, 9.17) is 16.9 Å². The SMILES string of the molecule is N#Cc1ccccc1CN1C(=O)S/C(=C\c2cc([N+](=O)[O-])ccc2Cl)C1=O. The fourth-order valence-electron chi connectivity index (χ4n) is 2.47. The monoisotopic (exact) mass is 399 g/mol. The van der Waals surface area contributed by atoms with Crippen LogP contribution in [0.3, 0.4) is 0 Å². The lowest BCUT2D eigenvalue weighted by Crippen LogP contribution is -2.27. The van der Waals surface area contributed by atoms with Gasteiger partial charge in [-0.3, -0.25) is 24.6 Å². The first-order chi connectivity index (χ1) is 12.9.